The molecule has 7 heteroatoms. The maximum atomic E-state index is 12.7. The molecule has 1 aliphatic carbocycles. The molecule has 0 radical (unpaired) electrons. The molecule has 0 saturated heterocycles. The third-order valence-electron chi connectivity index (χ3n) is 5.90. The highest BCUT2D eigenvalue weighted by molar-refractivity contribution is 7.17. The second-order valence-corrected chi connectivity index (χ2v) is 9.34. The number of anilines is 1. The van der Waals surface area contributed by atoms with E-state index in [2.05, 4.69) is 18.3 Å². The summed E-state index contributed by atoms with van der Waals surface area (Å²) >= 11 is 1.46. The summed E-state index contributed by atoms with van der Waals surface area (Å²) in [6.07, 6.45) is 5.94. The first kappa shape index (κ1) is 24.5. The van der Waals surface area contributed by atoms with Crippen LogP contribution in [0.3, 0.4) is 0 Å². The van der Waals surface area contributed by atoms with E-state index in [4.69, 9.17) is 14.2 Å². The van der Waals surface area contributed by atoms with Crippen LogP contribution in [0.25, 0.3) is 6.08 Å². The number of thiophene rings is 1. The summed E-state index contributed by atoms with van der Waals surface area (Å²) in [6, 6.07) is 13.6. The Balaban J connectivity index is 1.44. The minimum absolute atomic E-state index is 0.295. The van der Waals surface area contributed by atoms with E-state index in [0.29, 0.717) is 35.3 Å². The first-order valence-corrected chi connectivity index (χ1v) is 12.5. The predicted molar refractivity (Wildman–Crippen MR) is 138 cm³/mol. The largest absolute Gasteiger partial charge is 0.493 e. The number of methoxy groups -OCH3 is 1. The van der Waals surface area contributed by atoms with Crippen molar-refractivity contribution < 1.29 is 23.8 Å². The number of hydrogen-bond donors (Lipinski definition) is 1. The Morgan fingerprint density at radius 2 is 1.94 bits per heavy atom. The van der Waals surface area contributed by atoms with Gasteiger partial charge in [0.1, 0.15) is 11.6 Å². The molecule has 0 unspecified atom stereocenters. The fourth-order valence-electron chi connectivity index (χ4n) is 4.07. The number of carbonyl (C=O) groups excluding carboxylic acids is 2. The molecule has 0 bridgehead atoms. The van der Waals surface area contributed by atoms with Gasteiger partial charge >= 0.3 is 5.97 Å². The van der Waals surface area contributed by atoms with E-state index in [-0.39, 0.29) is 11.9 Å². The van der Waals surface area contributed by atoms with E-state index in [9.17, 15) is 9.59 Å². The van der Waals surface area contributed by atoms with Gasteiger partial charge in [0, 0.05) is 11.0 Å². The van der Waals surface area contributed by atoms with Crippen molar-refractivity contribution in [3.63, 3.8) is 0 Å². The van der Waals surface area contributed by atoms with Crippen molar-refractivity contribution in [1.82, 2.24) is 0 Å². The van der Waals surface area contributed by atoms with Gasteiger partial charge in [-0.3, -0.25) is 4.79 Å². The number of ether oxygens (including phenoxy) is 3. The van der Waals surface area contributed by atoms with E-state index in [1.165, 1.54) is 23.0 Å². The van der Waals surface area contributed by atoms with Gasteiger partial charge in [0.25, 0.3) is 0 Å². The van der Waals surface area contributed by atoms with Gasteiger partial charge in [0.05, 0.1) is 19.3 Å². The van der Waals surface area contributed by atoms with Gasteiger partial charge < -0.3 is 19.5 Å². The standard InChI is InChI=1S/C28H29NO5S/c1-4-33-28(31)26-21-10-7-11-24(21)35-27(26)29-25(30)15-13-19-12-14-22(23(16-19)32-3)34-17-20-9-6-5-8-18(20)2/h5-6,8-9,12-16H,4,7,10-11,17H2,1-3H3,(H,29,30)/b15-13+. The van der Waals surface area contributed by atoms with Gasteiger partial charge in [-0.2, -0.15) is 0 Å². The monoisotopic (exact) mass is 491 g/mol. The zero-order valence-corrected chi connectivity index (χ0v) is 21.0. The lowest BCUT2D eigenvalue weighted by Crippen LogP contribution is -2.13. The molecular weight excluding hydrogens is 462 g/mol. The Morgan fingerprint density at radius 1 is 1.11 bits per heavy atom. The van der Waals surface area contributed by atoms with E-state index in [0.717, 1.165) is 40.8 Å². The molecule has 0 fully saturated rings. The van der Waals surface area contributed by atoms with Crippen LogP contribution in [-0.4, -0.2) is 25.6 Å². The quantitative estimate of drug-likeness (QED) is 0.295. The van der Waals surface area contributed by atoms with Gasteiger partial charge in [0.15, 0.2) is 11.5 Å². The van der Waals surface area contributed by atoms with Crippen LogP contribution < -0.4 is 14.8 Å². The molecule has 3 aromatic rings. The third kappa shape index (κ3) is 5.74. The molecule has 1 aliphatic rings. The molecule has 6 nitrogen and oxygen atoms in total. The van der Waals surface area contributed by atoms with Crippen LogP contribution in [0.2, 0.25) is 0 Å². The Hall–Kier alpha value is -3.58. The maximum absolute atomic E-state index is 12.7. The van der Waals surface area contributed by atoms with E-state index in [1.807, 2.05) is 36.4 Å². The second kappa shape index (κ2) is 11.2. The molecule has 0 spiro atoms. The van der Waals surface area contributed by atoms with Crippen LogP contribution in [0.5, 0.6) is 11.5 Å². The van der Waals surface area contributed by atoms with Crippen molar-refractivity contribution in [2.24, 2.45) is 0 Å². The lowest BCUT2D eigenvalue weighted by molar-refractivity contribution is -0.111. The Bertz CT molecular complexity index is 1260. The van der Waals surface area contributed by atoms with Gasteiger partial charge in [-0.25, -0.2) is 4.79 Å². The molecule has 182 valence electrons. The molecule has 1 N–H and O–H groups in total. The van der Waals surface area contributed by atoms with Crippen LogP contribution in [-0.2, 0) is 29.0 Å². The lowest BCUT2D eigenvalue weighted by Gasteiger charge is -2.12. The van der Waals surface area contributed by atoms with Crippen LogP contribution in [0, 0.1) is 6.92 Å². The SMILES string of the molecule is CCOC(=O)c1c(NC(=O)/C=C/c2ccc(OCc3ccccc3C)c(OC)c2)sc2c1CCC2. The first-order chi connectivity index (χ1) is 17.0. The number of nitrogens with one attached hydrogen (secondary N) is 1. The average Bonchev–Trinajstić information content (AvgIpc) is 3.43. The third-order valence-corrected chi connectivity index (χ3v) is 7.10. The summed E-state index contributed by atoms with van der Waals surface area (Å²) in [5.74, 6) is 0.525. The summed E-state index contributed by atoms with van der Waals surface area (Å²) in [5, 5.41) is 3.43. The van der Waals surface area contributed by atoms with Crippen molar-refractivity contribution >= 4 is 34.3 Å². The topological polar surface area (TPSA) is 73.9 Å². The van der Waals surface area contributed by atoms with E-state index < -0.39 is 0 Å². The Labute approximate surface area is 209 Å². The van der Waals surface area contributed by atoms with Crippen molar-refractivity contribution in [3.05, 3.63) is 81.2 Å². The number of amides is 1. The van der Waals surface area contributed by atoms with Crippen LogP contribution in [0.1, 0.15) is 50.8 Å². The number of carbonyl (C=O) groups is 2. The van der Waals surface area contributed by atoms with E-state index >= 15 is 0 Å². The van der Waals surface area contributed by atoms with Gasteiger partial charge in [0.2, 0.25) is 5.91 Å². The number of fused-ring (bicyclic) bond motifs is 1. The summed E-state index contributed by atoms with van der Waals surface area (Å²) in [5.41, 5.74) is 4.58. The molecule has 4 rings (SSSR count). The van der Waals surface area contributed by atoms with Gasteiger partial charge in [-0.05, 0) is 73.6 Å². The average molecular weight is 492 g/mol. The summed E-state index contributed by atoms with van der Waals surface area (Å²) in [7, 11) is 1.59. The molecule has 2 aromatic carbocycles. The molecule has 0 saturated carbocycles. The number of hydrogen-bond acceptors (Lipinski definition) is 6. The Morgan fingerprint density at radius 3 is 2.71 bits per heavy atom. The van der Waals surface area contributed by atoms with E-state index in [1.54, 1.807) is 20.1 Å². The second-order valence-electron chi connectivity index (χ2n) is 8.23. The number of esters is 1. The molecule has 35 heavy (non-hydrogen) atoms. The van der Waals surface area contributed by atoms with Crippen molar-refractivity contribution in [2.75, 3.05) is 19.0 Å². The fraction of sp³-hybridized carbons (Fsp3) is 0.286. The molecule has 0 aliphatic heterocycles. The fourth-order valence-corrected chi connectivity index (χ4v) is 5.35. The summed E-state index contributed by atoms with van der Waals surface area (Å²) < 4.78 is 16.7. The molecule has 1 heterocycles. The minimum Gasteiger partial charge on any atom is -0.493 e. The molecular formula is C28H29NO5S. The van der Waals surface area contributed by atoms with Crippen LogP contribution in [0.15, 0.2) is 48.5 Å². The zero-order chi connectivity index (χ0) is 24.8. The highest BCUT2D eigenvalue weighted by Crippen LogP contribution is 2.39. The highest BCUT2D eigenvalue weighted by atomic mass is 32.1. The minimum atomic E-state index is -0.378. The zero-order valence-electron chi connectivity index (χ0n) is 20.2. The molecule has 0 atom stereocenters. The molecule has 1 aromatic heterocycles. The molecule has 1 amide bonds. The van der Waals surface area contributed by atoms with Crippen molar-refractivity contribution in [3.8, 4) is 11.5 Å². The number of benzene rings is 2. The van der Waals surface area contributed by atoms with Crippen LogP contribution in [0.4, 0.5) is 5.00 Å². The first-order valence-electron chi connectivity index (χ1n) is 11.7. The van der Waals surface area contributed by atoms with Gasteiger partial charge in [-0.1, -0.05) is 30.3 Å². The summed E-state index contributed by atoms with van der Waals surface area (Å²) in [6.45, 7) is 4.56. The van der Waals surface area contributed by atoms with Crippen molar-refractivity contribution in [1.29, 1.82) is 0 Å². The normalized spacial score (nSPS) is 12.4. The smallest absolute Gasteiger partial charge is 0.341 e. The van der Waals surface area contributed by atoms with Crippen LogP contribution >= 0.6 is 11.3 Å². The van der Waals surface area contributed by atoms with Crippen molar-refractivity contribution in [2.45, 2.75) is 39.7 Å². The summed E-state index contributed by atoms with van der Waals surface area (Å²) in [4.78, 5) is 26.3. The Kier molecular flexibility index (Phi) is 7.87. The lowest BCUT2D eigenvalue weighted by atomic mass is 10.1. The maximum Gasteiger partial charge on any atom is 0.341 e. The highest BCUT2D eigenvalue weighted by Gasteiger charge is 2.28. The number of rotatable bonds is 9. The number of aryl methyl sites for hydroxylation is 2. The van der Waals surface area contributed by atoms with Gasteiger partial charge in [-0.15, -0.1) is 11.3 Å². The predicted octanol–water partition coefficient (Wildman–Crippen LogP) is 5.96.